The molecule has 0 radical (unpaired) electrons. The summed E-state index contributed by atoms with van der Waals surface area (Å²) in [5, 5.41) is 15.3. The Hall–Kier alpha value is -3.40. The van der Waals surface area contributed by atoms with Gasteiger partial charge in [-0.15, -0.1) is 0 Å². The zero-order chi connectivity index (χ0) is 24.0. The fourth-order valence-corrected chi connectivity index (χ4v) is 4.83. The maximum Gasteiger partial charge on any atom is 0.280 e. The molecule has 10 nitrogen and oxygen atoms in total. The van der Waals surface area contributed by atoms with Gasteiger partial charge in [0.25, 0.3) is 17.7 Å². The maximum atomic E-state index is 13.2. The fourth-order valence-electron chi connectivity index (χ4n) is 4.83. The molecule has 180 valence electrons. The Kier molecular flexibility index (Phi) is 5.76. The highest BCUT2D eigenvalue weighted by molar-refractivity contribution is 6.19. The third-order valence-corrected chi connectivity index (χ3v) is 6.63. The smallest absolute Gasteiger partial charge is 0.280 e. The molecule has 34 heavy (non-hydrogen) atoms. The zero-order valence-corrected chi connectivity index (χ0v) is 19.4. The molecular formula is C24H30N6O4. The molecule has 1 aromatic heterocycles. The van der Waals surface area contributed by atoms with Crippen LogP contribution >= 0.6 is 0 Å². The second-order valence-electron chi connectivity index (χ2n) is 9.71. The summed E-state index contributed by atoms with van der Waals surface area (Å²) in [6.45, 7) is 5.47. The standard InChI is InChI=1S/C24H30N6O4/c1-14(2)13-29-22-16(3-6-19(31)28-10-8-15-7-9-25-12-18(15)28)11-26-30(22)24(34)20(23(29)33)21(32)27-17-4-5-17/h3,6-7,9,12,14,16-17,22,26,33H,4-5,8,10-11,13H2,1-2H3,(H,27,32)/b6-3+. The highest BCUT2D eigenvalue weighted by atomic mass is 16.3. The van der Waals surface area contributed by atoms with E-state index in [0.29, 0.717) is 19.6 Å². The van der Waals surface area contributed by atoms with E-state index in [9.17, 15) is 19.5 Å². The number of carbonyl (C=O) groups is 3. The Bertz CT molecular complexity index is 1080. The summed E-state index contributed by atoms with van der Waals surface area (Å²) in [5.74, 6) is -1.63. The summed E-state index contributed by atoms with van der Waals surface area (Å²) < 4.78 is 0. The van der Waals surface area contributed by atoms with Crippen molar-refractivity contribution < 1.29 is 19.5 Å². The molecule has 0 spiro atoms. The van der Waals surface area contributed by atoms with Gasteiger partial charge < -0.3 is 20.2 Å². The van der Waals surface area contributed by atoms with Crippen LogP contribution in [0.1, 0.15) is 32.3 Å². The van der Waals surface area contributed by atoms with Crippen molar-refractivity contribution in [2.45, 2.75) is 45.3 Å². The fraction of sp³-hybridized carbons (Fsp3) is 0.500. The van der Waals surface area contributed by atoms with Gasteiger partial charge in [-0.05, 0) is 42.9 Å². The van der Waals surface area contributed by atoms with Gasteiger partial charge in [-0.3, -0.25) is 19.4 Å². The monoisotopic (exact) mass is 466 g/mol. The number of aromatic nitrogens is 1. The van der Waals surface area contributed by atoms with E-state index in [1.54, 1.807) is 28.3 Å². The number of amides is 3. The van der Waals surface area contributed by atoms with E-state index in [2.05, 4.69) is 15.7 Å². The van der Waals surface area contributed by atoms with Crippen LogP contribution in [-0.4, -0.2) is 69.6 Å². The molecule has 1 saturated heterocycles. The molecule has 1 aromatic rings. The number of nitrogens with one attached hydrogen (secondary N) is 2. The molecule has 0 bridgehead atoms. The molecule has 2 fully saturated rings. The first-order chi connectivity index (χ1) is 16.3. The van der Waals surface area contributed by atoms with Crippen molar-refractivity contribution >= 4 is 23.4 Å². The van der Waals surface area contributed by atoms with E-state index in [4.69, 9.17) is 0 Å². The minimum Gasteiger partial charge on any atom is -0.494 e. The molecule has 5 rings (SSSR count). The molecule has 3 amide bonds. The normalized spacial score (nSPS) is 24.3. The lowest BCUT2D eigenvalue weighted by Gasteiger charge is -2.42. The Balaban J connectivity index is 1.38. The number of aliphatic hydroxyl groups is 1. The number of nitrogens with zero attached hydrogens (tertiary/aromatic N) is 4. The number of aliphatic hydroxyl groups excluding tert-OH is 1. The molecule has 4 heterocycles. The van der Waals surface area contributed by atoms with E-state index < -0.39 is 18.0 Å². The molecule has 1 aliphatic carbocycles. The number of carbonyl (C=O) groups excluding carboxylic acids is 3. The molecule has 4 aliphatic rings. The average molecular weight is 467 g/mol. The van der Waals surface area contributed by atoms with Crippen molar-refractivity contribution in [2.24, 2.45) is 11.8 Å². The topological polar surface area (TPSA) is 118 Å². The lowest BCUT2D eigenvalue weighted by molar-refractivity contribution is -0.142. The molecule has 2 atom stereocenters. The molecule has 1 saturated carbocycles. The van der Waals surface area contributed by atoms with Crippen LogP contribution in [0.4, 0.5) is 5.69 Å². The number of rotatable bonds is 6. The third kappa shape index (κ3) is 4.02. The van der Waals surface area contributed by atoms with Gasteiger partial charge in [0.05, 0.1) is 11.9 Å². The molecule has 0 aromatic carbocycles. The van der Waals surface area contributed by atoms with Gasteiger partial charge in [-0.2, -0.15) is 0 Å². The second kappa shape index (κ2) is 8.75. The second-order valence-corrected chi connectivity index (χ2v) is 9.71. The molecule has 2 unspecified atom stereocenters. The number of hydrogen-bond donors (Lipinski definition) is 3. The van der Waals surface area contributed by atoms with Gasteiger partial charge in [0.1, 0.15) is 6.17 Å². The van der Waals surface area contributed by atoms with E-state index >= 15 is 0 Å². The number of hydrazine groups is 1. The van der Waals surface area contributed by atoms with Crippen molar-refractivity contribution in [2.75, 3.05) is 24.5 Å². The molecule has 10 heteroatoms. The number of pyridine rings is 1. The Morgan fingerprint density at radius 2 is 2.15 bits per heavy atom. The number of anilines is 1. The summed E-state index contributed by atoms with van der Waals surface area (Å²) in [5.41, 5.74) is 4.76. The average Bonchev–Trinajstić information content (AvgIpc) is 3.34. The van der Waals surface area contributed by atoms with Gasteiger partial charge >= 0.3 is 0 Å². The van der Waals surface area contributed by atoms with E-state index in [-0.39, 0.29) is 35.2 Å². The van der Waals surface area contributed by atoms with E-state index in [1.807, 2.05) is 19.9 Å². The zero-order valence-electron chi connectivity index (χ0n) is 19.4. The third-order valence-electron chi connectivity index (χ3n) is 6.63. The highest BCUT2D eigenvalue weighted by Gasteiger charge is 2.49. The first kappa shape index (κ1) is 22.4. The van der Waals surface area contributed by atoms with Crippen molar-refractivity contribution in [3.05, 3.63) is 47.6 Å². The van der Waals surface area contributed by atoms with Crippen LogP contribution in [0, 0.1) is 11.8 Å². The highest BCUT2D eigenvalue weighted by Crippen LogP contribution is 2.33. The van der Waals surface area contributed by atoms with E-state index in [0.717, 1.165) is 30.5 Å². The Morgan fingerprint density at radius 1 is 1.35 bits per heavy atom. The van der Waals surface area contributed by atoms with Gasteiger partial charge in [0.2, 0.25) is 5.88 Å². The minimum absolute atomic E-state index is 0.0658. The Morgan fingerprint density at radius 3 is 2.88 bits per heavy atom. The van der Waals surface area contributed by atoms with Crippen molar-refractivity contribution in [3.8, 4) is 0 Å². The number of hydrogen-bond acceptors (Lipinski definition) is 7. The maximum absolute atomic E-state index is 13.2. The largest absolute Gasteiger partial charge is 0.494 e. The van der Waals surface area contributed by atoms with Crippen LogP contribution in [0.15, 0.2) is 42.1 Å². The lowest BCUT2D eigenvalue weighted by Crippen LogP contribution is -2.59. The number of fused-ring (bicyclic) bond motifs is 2. The summed E-state index contributed by atoms with van der Waals surface area (Å²) in [6, 6.07) is 1.99. The lowest BCUT2D eigenvalue weighted by atomic mass is 10.0. The van der Waals surface area contributed by atoms with Crippen LogP contribution in [0.2, 0.25) is 0 Å². The molecule has 3 N–H and O–H groups in total. The first-order valence-corrected chi connectivity index (χ1v) is 11.9. The summed E-state index contributed by atoms with van der Waals surface area (Å²) >= 11 is 0. The summed E-state index contributed by atoms with van der Waals surface area (Å²) in [4.78, 5) is 46.4. The minimum atomic E-state index is -0.553. The SMILES string of the molecule is CC(C)CN1C(O)=C(C(=O)NC2CC2)C(=O)N2NCC(/C=C/C(=O)N3CCc4ccncc43)C12. The first-order valence-electron chi connectivity index (χ1n) is 11.9. The van der Waals surface area contributed by atoms with Crippen LogP contribution in [-0.2, 0) is 20.8 Å². The Labute approximate surface area is 198 Å². The predicted octanol–water partition coefficient (Wildman–Crippen LogP) is 0.836. The van der Waals surface area contributed by atoms with E-state index in [1.165, 1.54) is 11.1 Å². The van der Waals surface area contributed by atoms with Crippen molar-refractivity contribution in [1.82, 2.24) is 25.6 Å². The van der Waals surface area contributed by atoms with Crippen molar-refractivity contribution in [1.29, 1.82) is 0 Å². The quantitative estimate of drug-likeness (QED) is 0.420. The predicted molar refractivity (Wildman–Crippen MR) is 124 cm³/mol. The van der Waals surface area contributed by atoms with Gasteiger partial charge in [-0.25, -0.2) is 10.4 Å². The van der Waals surface area contributed by atoms with Gasteiger partial charge in [0, 0.05) is 37.8 Å². The van der Waals surface area contributed by atoms with Gasteiger partial charge in [-0.1, -0.05) is 19.9 Å². The summed E-state index contributed by atoms with van der Waals surface area (Å²) in [6.07, 6.45) is 8.77. The van der Waals surface area contributed by atoms with Gasteiger partial charge in [0.15, 0.2) is 5.57 Å². The molecule has 3 aliphatic heterocycles. The summed E-state index contributed by atoms with van der Waals surface area (Å²) in [7, 11) is 0. The van der Waals surface area contributed by atoms with Crippen LogP contribution in [0.3, 0.4) is 0 Å². The van der Waals surface area contributed by atoms with Crippen LogP contribution < -0.4 is 15.6 Å². The van der Waals surface area contributed by atoms with Crippen molar-refractivity contribution in [3.63, 3.8) is 0 Å². The van der Waals surface area contributed by atoms with Crippen LogP contribution in [0.5, 0.6) is 0 Å². The van der Waals surface area contributed by atoms with Crippen LogP contribution in [0.25, 0.3) is 0 Å². The molecular weight excluding hydrogens is 436 g/mol.